The second-order valence-corrected chi connectivity index (χ2v) is 7.04. The Morgan fingerprint density at radius 2 is 2.00 bits per heavy atom. The van der Waals surface area contributed by atoms with Gasteiger partial charge in [-0.2, -0.15) is 0 Å². The second kappa shape index (κ2) is 10.7. The predicted molar refractivity (Wildman–Crippen MR) is 111 cm³/mol. The zero-order valence-electron chi connectivity index (χ0n) is 16.7. The molecule has 0 saturated carbocycles. The van der Waals surface area contributed by atoms with Gasteiger partial charge in [-0.1, -0.05) is 43.4 Å². The Morgan fingerprint density at radius 3 is 2.71 bits per heavy atom. The van der Waals surface area contributed by atoms with Gasteiger partial charge in [-0.3, -0.25) is 0 Å². The van der Waals surface area contributed by atoms with Crippen LogP contribution in [0.5, 0.6) is 11.5 Å². The molecule has 0 aromatic heterocycles. The van der Waals surface area contributed by atoms with E-state index in [0.29, 0.717) is 30.3 Å². The van der Waals surface area contributed by atoms with E-state index in [-0.39, 0.29) is 5.75 Å². The minimum absolute atomic E-state index is 0.123. The number of aliphatic hydroxyl groups is 2. The highest BCUT2D eigenvalue weighted by Gasteiger charge is 2.14. The van der Waals surface area contributed by atoms with Crippen LogP contribution in [-0.4, -0.2) is 41.7 Å². The third-order valence-corrected chi connectivity index (χ3v) is 4.66. The van der Waals surface area contributed by atoms with E-state index in [4.69, 9.17) is 9.47 Å². The van der Waals surface area contributed by atoms with E-state index >= 15 is 0 Å². The molecule has 0 amide bonds. The molecule has 5 nitrogen and oxygen atoms in total. The summed E-state index contributed by atoms with van der Waals surface area (Å²) in [6, 6.07) is 5.22. The third kappa shape index (κ3) is 6.59. The molecule has 3 N–H and O–H groups in total. The molecule has 3 atom stereocenters. The number of aromatic hydroxyl groups is 1. The van der Waals surface area contributed by atoms with Gasteiger partial charge in [0.15, 0.2) is 11.5 Å². The summed E-state index contributed by atoms with van der Waals surface area (Å²) in [5, 5.41) is 29.6. The van der Waals surface area contributed by atoms with Crippen molar-refractivity contribution >= 4 is 6.08 Å². The summed E-state index contributed by atoms with van der Waals surface area (Å²) in [5.74, 6) is 1.42. The second-order valence-electron chi connectivity index (χ2n) is 7.04. The fourth-order valence-corrected chi connectivity index (χ4v) is 3.04. The van der Waals surface area contributed by atoms with E-state index in [1.54, 1.807) is 31.4 Å². The Morgan fingerprint density at radius 1 is 1.21 bits per heavy atom. The molecule has 152 valence electrons. The first kappa shape index (κ1) is 21.8. The number of allylic oxidation sites excluding steroid dienone is 4. The predicted octanol–water partition coefficient (Wildman–Crippen LogP) is 3.97. The largest absolute Gasteiger partial charge is 0.504 e. The summed E-state index contributed by atoms with van der Waals surface area (Å²) >= 11 is 0. The van der Waals surface area contributed by atoms with Gasteiger partial charge in [-0.05, 0) is 54.5 Å². The van der Waals surface area contributed by atoms with E-state index in [1.807, 2.05) is 24.3 Å². The van der Waals surface area contributed by atoms with Crippen molar-refractivity contribution in [2.45, 2.75) is 38.4 Å². The van der Waals surface area contributed by atoms with Crippen molar-refractivity contribution in [3.63, 3.8) is 0 Å². The van der Waals surface area contributed by atoms with E-state index < -0.39 is 12.2 Å². The average molecular weight is 386 g/mol. The molecule has 0 saturated heterocycles. The van der Waals surface area contributed by atoms with E-state index in [0.717, 1.165) is 17.6 Å². The third-order valence-electron chi connectivity index (χ3n) is 4.66. The molecule has 0 radical (unpaired) electrons. The Kier molecular flexibility index (Phi) is 8.36. The van der Waals surface area contributed by atoms with Crippen LogP contribution < -0.4 is 4.74 Å². The van der Waals surface area contributed by atoms with Crippen LogP contribution in [0.25, 0.3) is 6.08 Å². The minimum Gasteiger partial charge on any atom is -0.504 e. The van der Waals surface area contributed by atoms with Crippen LogP contribution in [0.3, 0.4) is 0 Å². The van der Waals surface area contributed by atoms with Crippen molar-refractivity contribution in [2.24, 2.45) is 5.92 Å². The summed E-state index contributed by atoms with van der Waals surface area (Å²) in [7, 11) is 3.07. The number of benzene rings is 1. The van der Waals surface area contributed by atoms with Crippen LogP contribution in [0.4, 0.5) is 0 Å². The monoisotopic (exact) mass is 386 g/mol. The molecule has 0 spiro atoms. The Hall–Kier alpha value is -2.50. The highest BCUT2D eigenvalue weighted by atomic mass is 16.5. The SMILES string of the molecule is COC1=CC(/C=C/C(O)CC(C)C/C=C/c2ccc(O)c(OC)c2)=CC[C@@H]1O. The van der Waals surface area contributed by atoms with Crippen molar-refractivity contribution in [2.75, 3.05) is 14.2 Å². The fourth-order valence-electron chi connectivity index (χ4n) is 3.04. The lowest BCUT2D eigenvalue weighted by Crippen LogP contribution is -2.14. The Bertz CT molecular complexity index is 760. The number of hydrogen-bond donors (Lipinski definition) is 3. The molecular formula is C23H30O5. The molecule has 0 fully saturated rings. The maximum absolute atomic E-state index is 10.3. The number of ether oxygens (including phenoxy) is 2. The number of methoxy groups -OCH3 is 2. The van der Waals surface area contributed by atoms with Gasteiger partial charge < -0.3 is 24.8 Å². The lowest BCUT2D eigenvalue weighted by atomic mass is 9.97. The van der Waals surface area contributed by atoms with Gasteiger partial charge in [0.25, 0.3) is 0 Å². The maximum Gasteiger partial charge on any atom is 0.161 e. The normalized spacial score (nSPS) is 19.4. The van der Waals surface area contributed by atoms with Gasteiger partial charge in [0, 0.05) is 0 Å². The zero-order chi connectivity index (χ0) is 20.5. The first-order valence-electron chi connectivity index (χ1n) is 9.46. The number of phenols is 1. The van der Waals surface area contributed by atoms with Crippen LogP contribution in [0.1, 0.15) is 31.7 Å². The summed E-state index contributed by atoms with van der Waals surface area (Å²) in [5.41, 5.74) is 1.88. The fraction of sp³-hybridized carbons (Fsp3) is 0.391. The molecule has 2 rings (SSSR count). The van der Waals surface area contributed by atoms with Gasteiger partial charge >= 0.3 is 0 Å². The molecule has 1 aromatic rings. The lowest BCUT2D eigenvalue weighted by molar-refractivity contribution is 0.128. The van der Waals surface area contributed by atoms with Crippen LogP contribution in [0.2, 0.25) is 0 Å². The molecule has 1 aromatic carbocycles. The molecule has 1 aliphatic rings. The molecule has 1 aliphatic carbocycles. The van der Waals surface area contributed by atoms with Crippen molar-refractivity contribution in [3.05, 3.63) is 65.5 Å². The summed E-state index contributed by atoms with van der Waals surface area (Å²) in [4.78, 5) is 0. The molecule has 0 heterocycles. The highest BCUT2D eigenvalue weighted by molar-refractivity contribution is 5.55. The Labute approximate surface area is 166 Å². The number of phenolic OH excluding ortho intramolecular Hbond substituents is 1. The summed E-state index contributed by atoms with van der Waals surface area (Å²) in [6.45, 7) is 2.10. The molecule has 5 heteroatoms. The van der Waals surface area contributed by atoms with Crippen LogP contribution in [0, 0.1) is 5.92 Å². The van der Waals surface area contributed by atoms with Crippen molar-refractivity contribution in [3.8, 4) is 11.5 Å². The van der Waals surface area contributed by atoms with Gasteiger partial charge in [0.2, 0.25) is 0 Å². The Balaban J connectivity index is 1.82. The lowest BCUT2D eigenvalue weighted by Gasteiger charge is -2.17. The maximum atomic E-state index is 10.3. The van der Waals surface area contributed by atoms with Crippen LogP contribution in [-0.2, 0) is 4.74 Å². The minimum atomic E-state index is -0.590. The number of hydrogen-bond acceptors (Lipinski definition) is 5. The first-order chi connectivity index (χ1) is 13.4. The van der Waals surface area contributed by atoms with Gasteiger partial charge in [-0.15, -0.1) is 0 Å². The van der Waals surface area contributed by atoms with Crippen molar-refractivity contribution in [1.82, 2.24) is 0 Å². The zero-order valence-corrected chi connectivity index (χ0v) is 16.7. The van der Waals surface area contributed by atoms with Crippen LogP contribution in [0.15, 0.2) is 59.9 Å². The molecule has 2 unspecified atom stereocenters. The number of rotatable bonds is 9. The number of aliphatic hydroxyl groups excluding tert-OH is 2. The molecule has 0 bridgehead atoms. The summed E-state index contributed by atoms with van der Waals surface area (Å²) < 4.78 is 10.3. The highest BCUT2D eigenvalue weighted by Crippen LogP contribution is 2.27. The van der Waals surface area contributed by atoms with Gasteiger partial charge in [0.05, 0.1) is 20.3 Å². The van der Waals surface area contributed by atoms with Crippen LogP contribution >= 0.6 is 0 Å². The quantitative estimate of drug-likeness (QED) is 0.598. The van der Waals surface area contributed by atoms with Crippen molar-refractivity contribution in [1.29, 1.82) is 0 Å². The van der Waals surface area contributed by atoms with E-state index in [2.05, 4.69) is 13.0 Å². The standard InChI is InChI=1S/C23H30O5/c1-16(5-4-6-17-8-11-20(25)22(14-17)27-2)13-19(24)10-7-18-9-12-21(26)23(15-18)28-3/h4,6-11,14-16,19,21,24-26H,5,12-13H2,1-3H3/b6-4+,10-7+/t16?,19?,21-/m0/s1. The molecular weight excluding hydrogens is 356 g/mol. The van der Waals surface area contributed by atoms with Crippen molar-refractivity contribution < 1.29 is 24.8 Å². The molecule has 0 aliphatic heterocycles. The van der Waals surface area contributed by atoms with E-state index in [9.17, 15) is 15.3 Å². The van der Waals surface area contributed by atoms with Gasteiger partial charge in [0.1, 0.15) is 11.9 Å². The van der Waals surface area contributed by atoms with E-state index in [1.165, 1.54) is 7.11 Å². The van der Waals surface area contributed by atoms with Gasteiger partial charge in [-0.25, -0.2) is 0 Å². The smallest absolute Gasteiger partial charge is 0.161 e. The summed E-state index contributed by atoms with van der Waals surface area (Å²) in [6.07, 6.45) is 12.3. The topological polar surface area (TPSA) is 79.2 Å². The molecule has 28 heavy (non-hydrogen) atoms. The average Bonchev–Trinajstić information content (AvgIpc) is 2.68. The first-order valence-corrected chi connectivity index (χ1v) is 9.46.